The molecule has 0 saturated carbocycles. The van der Waals surface area contributed by atoms with E-state index in [1.807, 2.05) is 22.6 Å². The number of hydrogen-bond donors (Lipinski definition) is 1. The average Bonchev–Trinajstić information content (AvgIpc) is 2.51. The fourth-order valence-corrected chi connectivity index (χ4v) is 2.29. The van der Waals surface area contributed by atoms with Gasteiger partial charge in [0.05, 0.1) is 13.0 Å². The van der Waals surface area contributed by atoms with Crippen molar-refractivity contribution in [3.8, 4) is 0 Å². The van der Waals surface area contributed by atoms with Crippen molar-refractivity contribution in [1.29, 1.82) is 0 Å². The van der Waals surface area contributed by atoms with Gasteiger partial charge < -0.3 is 10.1 Å². The summed E-state index contributed by atoms with van der Waals surface area (Å²) in [5.74, 6) is -5.26. The molecule has 7 heteroatoms. The number of nitrogens with one attached hydrogen (secondary N) is 1. The molecule has 1 aliphatic heterocycles. The molecule has 2 rings (SSSR count). The SMILES string of the molecule is O=C1OC(CNc2ccc(F)cc2I)CC1(F)F. The number of esters is 1. The molecule has 0 bridgehead atoms. The third-order valence-corrected chi connectivity index (χ3v) is 3.40. The lowest BCUT2D eigenvalue weighted by molar-refractivity contribution is -0.158. The second-order valence-electron chi connectivity index (χ2n) is 3.94. The van der Waals surface area contributed by atoms with Crippen LogP contribution in [0, 0.1) is 9.39 Å². The van der Waals surface area contributed by atoms with Gasteiger partial charge in [-0.3, -0.25) is 0 Å². The van der Waals surface area contributed by atoms with Gasteiger partial charge in [-0.25, -0.2) is 9.18 Å². The third kappa shape index (κ3) is 2.88. The summed E-state index contributed by atoms with van der Waals surface area (Å²) < 4.78 is 43.8. The van der Waals surface area contributed by atoms with Gasteiger partial charge >= 0.3 is 11.9 Å². The molecular formula is C11H9F3INO2. The zero-order valence-electron chi connectivity index (χ0n) is 9.05. The third-order valence-electron chi connectivity index (χ3n) is 2.51. The lowest BCUT2D eigenvalue weighted by atomic mass is 10.2. The summed E-state index contributed by atoms with van der Waals surface area (Å²) in [6, 6.07) is 4.09. The van der Waals surface area contributed by atoms with Gasteiger partial charge in [-0.1, -0.05) is 0 Å². The largest absolute Gasteiger partial charge is 0.456 e. The number of halogens is 4. The van der Waals surface area contributed by atoms with Crippen LogP contribution in [-0.4, -0.2) is 24.5 Å². The van der Waals surface area contributed by atoms with E-state index in [-0.39, 0.29) is 12.4 Å². The standard InChI is InChI=1S/C11H9F3INO2/c12-6-1-2-9(8(15)3-6)16-5-7-4-11(13,14)10(17)18-7/h1-3,7,16H,4-5H2. The molecule has 1 aliphatic rings. The first-order chi connectivity index (χ1) is 8.38. The van der Waals surface area contributed by atoms with Crippen molar-refractivity contribution in [2.75, 3.05) is 11.9 Å². The van der Waals surface area contributed by atoms with E-state index >= 15 is 0 Å². The maximum Gasteiger partial charge on any atom is 0.377 e. The van der Waals surface area contributed by atoms with E-state index in [0.29, 0.717) is 9.26 Å². The van der Waals surface area contributed by atoms with Gasteiger partial charge in [-0.2, -0.15) is 8.78 Å². The Kier molecular flexibility index (Phi) is 3.69. The van der Waals surface area contributed by atoms with Crippen LogP contribution in [0.3, 0.4) is 0 Å². The van der Waals surface area contributed by atoms with Crippen molar-refractivity contribution in [2.24, 2.45) is 0 Å². The monoisotopic (exact) mass is 371 g/mol. The highest BCUT2D eigenvalue weighted by Crippen LogP contribution is 2.31. The second-order valence-corrected chi connectivity index (χ2v) is 5.10. The maximum atomic E-state index is 12.9. The fourth-order valence-electron chi connectivity index (χ4n) is 1.62. The van der Waals surface area contributed by atoms with Crippen molar-refractivity contribution in [3.63, 3.8) is 0 Å². The summed E-state index contributed by atoms with van der Waals surface area (Å²) in [4.78, 5) is 10.8. The summed E-state index contributed by atoms with van der Waals surface area (Å²) >= 11 is 1.93. The minimum absolute atomic E-state index is 0.0724. The van der Waals surface area contributed by atoms with Crippen molar-refractivity contribution in [1.82, 2.24) is 0 Å². The second kappa shape index (κ2) is 4.94. The molecule has 3 nitrogen and oxygen atoms in total. The summed E-state index contributed by atoms with van der Waals surface area (Å²) in [7, 11) is 0. The van der Waals surface area contributed by atoms with Gasteiger partial charge in [-0.05, 0) is 40.8 Å². The summed E-state index contributed by atoms with van der Waals surface area (Å²) in [5.41, 5.74) is 0.614. The predicted molar refractivity (Wildman–Crippen MR) is 67.1 cm³/mol. The van der Waals surface area contributed by atoms with Crippen LogP contribution in [0.15, 0.2) is 18.2 Å². The Bertz CT molecular complexity index is 481. The van der Waals surface area contributed by atoms with Gasteiger partial charge in [0, 0.05) is 9.26 Å². The highest BCUT2D eigenvalue weighted by atomic mass is 127. The Hall–Kier alpha value is -0.990. The van der Waals surface area contributed by atoms with Crippen LogP contribution in [0.5, 0.6) is 0 Å². The molecule has 1 unspecified atom stereocenters. The van der Waals surface area contributed by atoms with E-state index in [9.17, 15) is 18.0 Å². The van der Waals surface area contributed by atoms with E-state index in [1.165, 1.54) is 18.2 Å². The van der Waals surface area contributed by atoms with Crippen molar-refractivity contribution >= 4 is 34.2 Å². The Balaban J connectivity index is 1.95. The highest BCUT2D eigenvalue weighted by molar-refractivity contribution is 14.1. The molecule has 1 atom stereocenters. The van der Waals surface area contributed by atoms with Gasteiger partial charge in [0.2, 0.25) is 0 Å². The number of benzene rings is 1. The molecule has 0 radical (unpaired) electrons. The lowest BCUT2D eigenvalue weighted by Crippen LogP contribution is -2.22. The van der Waals surface area contributed by atoms with E-state index < -0.39 is 24.4 Å². The molecule has 0 aliphatic carbocycles. The van der Waals surface area contributed by atoms with Gasteiger partial charge in [-0.15, -0.1) is 0 Å². The van der Waals surface area contributed by atoms with Gasteiger partial charge in [0.15, 0.2) is 0 Å². The summed E-state index contributed by atoms with van der Waals surface area (Å²) in [6.07, 6.45) is -1.50. The molecule has 1 fully saturated rings. The Labute approximate surface area is 115 Å². The molecule has 0 amide bonds. The molecule has 1 aromatic carbocycles. The molecular weight excluding hydrogens is 362 g/mol. The number of alkyl halides is 2. The normalized spacial score (nSPS) is 21.8. The highest BCUT2D eigenvalue weighted by Gasteiger charge is 2.50. The number of ether oxygens (including phenoxy) is 1. The zero-order chi connectivity index (χ0) is 13.3. The minimum atomic E-state index is -3.40. The van der Waals surface area contributed by atoms with Crippen molar-refractivity contribution in [2.45, 2.75) is 18.4 Å². The van der Waals surface area contributed by atoms with Crippen molar-refractivity contribution < 1.29 is 22.7 Å². The molecule has 0 aromatic heterocycles. The fraction of sp³-hybridized carbons (Fsp3) is 0.364. The number of carbonyl (C=O) groups excluding carboxylic acids is 1. The van der Waals surface area contributed by atoms with Crippen LogP contribution < -0.4 is 5.32 Å². The molecule has 1 heterocycles. The smallest absolute Gasteiger partial charge is 0.377 e. The number of cyclic esters (lactones) is 1. The van der Waals surface area contributed by atoms with Gasteiger partial charge in [0.25, 0.3) is 0 Å². The maximum absolute atomic E-state index is 12.9. The first kappa shape index (κ1) is 13.4. The van der Waals surface area contributed by atoms with E-state index in [4.69, 9.17) is 0 Å². The Morgan fingerprint density at radius 2 is 2.22 bits per heavy atom. The van der Waals surface area contributed by atoms with E-state index in [1.54, 1.807) is 0 Å². The molecule has 1 N–H and O–H groups in total. The van der Waals surface area contributed by atoms with Gasteiger partial charge in [0.1, 0.15) is 11.9 Å². The van der Waals surface area contributed by atoms with Crippen LogP contribution in [0.25, 0.3) is 0 Å². The summed E-state index contributed by atoms with van der Waals surface area (Å²) in [6.45, 7) is 0.0724. The molecule has 1 aromatic rings. The predicted octanol–water partition coefficient (Wildman–Crippen LogP) is 2.79. The van der Waals surface area contributed by atoms with Crippen molar-refractivity contribution in [3.05, 3.63) is 27.6 Å². The first-order valence-electron chi connectivity index (χ1n) is 5.16. The average molecular weight is 371 g/mol. The molecule has 0 spiro atoms. The summed E-state index contributed by atoms with van der Waals surface area (Å²) in [5, 5.41) is 2.86. The van der Waals surface area contributed by atoms with Crippen LogP contribution in [0.1, 0.15) is 6.42 Å². The van der Waals surface area contributed by atoms with E-state index in [2.05, 4.69) is 10.1 Å². The zero-order valence-corrected chi connectivity index (χ0v) is 11.2. The van der Waals surface area contributed by atoms with E-state index in [0.717, 1.165) is 0 Å². The molecule has 98 valence electrons. The quantitative estimate of drug-likeness (QED) is 0.656. The Morgan fingerprint density at radius 1 is 1.50 bits per heavy atom. The minimum Gasteiger partial charge on any atom is -0.456 e. The number of hydrogen-bond acceptors (Lipinski definition) is 3. The Morgan fingerprint density at radius 3 is 2.78 bits per heavy atom. The number of anilines is 1. The topological polar surface area (TPSA) is 38.3 Å². The van der Waals surface area contributed by atoms with Crippen LogP contribution in [0.2, 0.25) is 0 Å². The molecule has 1 saturated heterocycles. The molecule has 18 heavy (non-hydrogen) atoms. The van der Waals surface area contributed by atoms with Crippen LogP contribution >= 0.6 is 22.6 Å². The number of carbonyl (C=O) groups is 1. The first-order valence-corrected chi connectivity index (χ1v) is 6.24. The van der Waals surface area contributed by atoms with Crippen LogP contribution in [-0.2, 0) is 9.53 Å². The lowest BCUT2D eigenvalue weighted by Gasteiger charge is -2.12. The van der Waals surface area contributed by atoms with Crippen LogP contribution in [0.4, 0.5) is 18.9 Å². The number of rotatable bonds is 3.